The van der Waals surface area contributed by atoms with Crippen LogP contribution in [-0.4, -0.2) is 69.6 Å². The van der Waals surface area contributed by atoms with Crippen LogP contribution >= 0.6 is 11.3 Å². The van der Waals surface area contributed by atoms with E-state index in [0.717, 1.165) is 16.2 Å². The Morgan fingerprint density at radius 1 is 1.55 bits per heavy atom. The number of ether oxygens (including phenoxy) is 1. The van der Waals surface area contributed by atoms with Crippen molar-refractivity contribution in [3.63, 3.8) is 0 Å². The van der Waals surface area contributed by atoms with Gasteiger partial charge >= 0.3 is 10.4 Å². The quantitative estimate of drug-likeness (QED) is 0.599. The van der Waals surface area contributed by atoms with Gasteiger partial charge in [-0.2, -0.15) is 0 Å². The third kappa shape index (κ3) is 2.61. The molecule has 2 rings (SSSR count). The number of carbonyl (C=O) groups excluding carboxylic acids is 1. The van der Waals surface area contributed by atoms with Gasteiger partial charge in [0.05, 0.1) is 6.61 Å². The summed E-state index contributed by atoms with van der Waals surface area (Å²) in [6.07, 6.45) is -1.07. The molecule has 0 spiro atoms. The fourth-order valence-electron chi connectivity index (χ4n) is 1.88. The van der Waals surface area contributed by atoms with Crippen molar-refractivity contribution >= 4 is 33.7 Å². The number of carbonyl (C=O) groups is 1. The second-order valence-corrected chi connectivity index (χ2v) is 7.05. The van der Waals surface area contributed by atoms with Crippen molar-refractivity contribution in [3.05, 3.63) is 0 Å². The van der Waals surface area contributed by atoms with Gasteiger partial charge in [-0.15, -0.1) is 5.10 Å². The summed E-state index contributed by atoms with van der Waals surface area (Å²) in [5.74, 6) is 0.428. The Kier molecular flexibility index (Phi) is 4.81. The van der Waals surface area contributed by atoms with Gasteiger partial charge in [-0.1, -0.05) is 5.10 Å². The number of hydrogen-bond donors (Lipinski definition) is 1. The van der Waals surface area contributed by atoms with Gasteiger partial charge in [0.15, 0.2) is 6.23 Å². The minimum atomic E-state index is -1.23. The molecule has 10 heteroatoms. The first-order valence-electron chi connectivity index (χ1n) is 5.96. The van der Waals surface area contributed by atoms with E-state index in [1.807, 2.05) is 0 Å². The van der Waals surface area contributed by atoms with Crippen LogP contribution in [0.15, 0.2) is 4.34 Å². The summed E-state index contributed by atoms with van der Waals surface area (Å²) in [5, 5.41) is 18.1. The van der Waals surface area contributed by atoms with E-state index in [1.165, 1.54) is 12.0 Å². The van der Waals surface area contributed by atoms with E-state index in [-0.39, 0.29) is 17.8 Å². The summed E-state index contributed by atoms with van der Waals surface area (Å²) in [6, 6.07) is -0.860. The normalized spacial score (nSPS) is 24.6. The maximum atomic E-state index is 12.1. The minimum absolute atomic E-state index is 0.215. The number of aromatic nitrogens is 2. The molecule has 3 atom stereocenters. The average molecular weight is 320 g/mol. The first kappa shape index (κ1) is 15.4. The van der Waals surface area contributed by atoms with Crippen LogP contribution in [0.3, 0.4) is 0 Å². The fourth-order valence-corrected chi connectivity index (χ4v) is 3.81. The second-order valence-electron chi connectivity index (χ2n) is 4.18. The number of aliphatic hydroxyl groups excluding tert-OH is 1. The molecule has 1 aromatic rings. The smallest absolute Gasteiger partial charge is 0.328 e. The van der Waals surface area contributed by atoms with E-state index < -0.39 is 23.4 Å². The van der Waals surface area contributed by atoms with Crippen LogP contribution < -0.4 is 4.90 Å². The lowest BCUT2D eigenvalue weighted by molar-refractivity contribution is 0.0633. The third-order valence-electron chi connectivity index (χ3n) is 3.01. The van der Waals surface area contributed by atoms with E-state index in [0.29, 0.717) is 10.1 Å². The minimum Gasteiger partial charge on any atom is -0.610 e. The number of urea groups is 1. The third-order valence-corrected chi connectivity index (χ3v) is 5.53. The van der Waals surface area contributed by atoms with E-state index in [9.17, 15) is 14.5 Å². The summed E-state index contributed by atoms with van der Waals surface area (Å²) in [7, 11) is 3.09. The molecule has 0 bridgehead atoms. The van der Waals surface area contributed by atoms with E-state index in [2.05, 4.69) is 10.2 Å². The van der Waals surface area contributed by atoms with Crippen LogP contribution in [-0.2, 0) is 15.9 Å². The highest BCUT2D eigenvalue weighted by Crippen LogP contribution is 2.31. The Balaban J connectivity index is 2.23. The van der Waals surface area contributed by atoms with Crippen LogP contribution in [0.5, 0.6) is 0 Å². The van der Waals surface area contributed by atoms with E-state index in [1.54, 1.807) is 14.0 Å². The lowest BCUT2D eigenvalue weighted by Gasteiger charge is -2.19. The molecule has 1 fully saturated rings. The predicted molar refractivity (Wildman–Crippen MR) is 74.2 cm³/mol. The SMILES string of the molecule is CC[S+]([O-])c1nnc(N2C(=O)N(C)C(COC)C2O)s1. The molecule has 112 valence electrons. The molecule has 1 aliphatic heterocycles. The highest BCUT2D eigenvalue weighted by Gasteiger charge is 2.45. The number of likely N-dealkylation sites (N-methyl/N-ethyl adjacent to an activating group) is 1. The van der Waals surface area contributed by atoms with Crippen LogP contribution in [0.1, 0.15) is 6.92 Å². The van der Waals surface area contributed by atoms with Gasteiger partial charge in [0.1, 0.15) is 11.8 Å². The Morgan fingerprint density at radius 2 is 2.25 bits per heavy atom. The number of rotatable bonds is 5. The van der Waals surface area contributed by atoms with Crippen molar-refractivity contribution in [1.82, 2.24) is 15.1 Å². The van der Waals surface area contributed by atoms with Crippen molar-refractivity contribution in [2.24, 2.45) is 0 Å². The molecule has 2 amide bonds. The number of amides is 2. The van der Waals surface area contributed by atoms with Crippen molar-refractivity contribution in [1.29, 1.82) is 0 Å². The van der Waals surface area contributed by atoms with Gasteiger partial charge in [-0.05, 0) is 18.3 Å². The number of aliphatic hydroxyl groups is 1. The molecule has 0 saturated carbocycles. The van der Waals surface area contributed by atoms with Gasteiger partial charge in [-0.25, -0.2) is 9.69 Å². The Labute approximate surface area is 123 Å². The Morgan fingerprint density at radius 3 is 2.85 bits per heavy atom. The highest BCUT2D eigenvalue weighted by molar-refractivity contribution is 7.93. The number of nitrogens with zero attached hydrogens (tertiary/aromatic N) is 4. The monoisotopic (exact) mass is 320 g/mol. The lowest BCUT2D eigenvalue weighted by Crippen LogP contribution is -2.39. The summed E-state index contributed by atoms with van der Waals surface area (Å²) < 4.78 is 17.0. The molecule has 1 N–H and O–H groups in total. The van der Waals surface area contributed by atoms with Gasteiger partial charge in [0, 0.05) is 25.3 Å². The number of anilines is 1. The molecule has 0 aliphatic carbocycles. The molecular formula is C10H16N4O4S2. The van der Waals surface area contributed by atoms with E-state index >= 15 is 0 Å². The molecule has 2 heterocycles. The summed E-state index contributed by atoms with van der Waals surface area (Å²) in [5.41, 5.74) is 0. The van der Waals surface area contributed by atoms with Crippen molar-refractivity contribution < 1.29 is 19.2 Å². The number of methoxy groups -OCH3 is 1. The van der Waals surface area contributed by atoms with E-state index in [4.69, 9.17) is 4.74 Å². The molecule has 1 aromatic heterocycles. The van der Waals surface area contributed by atoms with Crippen LogP contribution in [0, 0.1) is 0 Å². The zero-order valence-corrected chi connectivity index (χ0v) is 13.0. The zero-order valence-electron chi connectivity index (χ0n) is 11.3. The summed E-state index contributed by atoms with van der Waals surface area (Å²) in [4.78, 5) is 14.7. The van der Waals surface area contributed by atoms with Crippen molar-refractivity contribution in [3.8, 4) is 0 Å². The largest absolute Gasteiger partial charge is 0.610 e. The first-order valence-corrected chi connectivity index (χ1v) is 8.09. The van der Waals surface area contributed by atoms with Crippen LogP contribution in [0.25, 0.3) is 0 Å². The number of hydrogen-bond acceptors (Lipinski definition) is 7. The van der Waals surface area contributed by atoms with Crippen LogP contribution in [0.2, 0.25) is 0 Å². The standard InChI is InChI=1S/C10H16N4O4S2/c1-4-20(17)9-12-11-8(19-9)14-7(15)6(5-18-3)13(2)10(14)16/h6-7,15H,4-5H2,1-3H3. The van der Waals surface area contributed by atoms with Crippen LogP contribution in [0.4, 0.5) is 9.93 Å². The summed E-state index contributed by atoms with van der Waals surface area (Å²) >= 11 is -0.178. The van der Waals surface area contributed by atoms with Gasteiger partial charge in [-0.3, -0.25) is 0 Å². The summed E-state index contributed by atoms with van der Waals surface area (Å²) in [6.45, 7) is 1.99. The van der Waals surface area contributed by atoms with Crippen molar-refractivity contribution in [2.45, 2.75) is 23.5 Å². The topological polar surface area (TPSA) is 102 Å². The molecule has 3 unspecified atom stereocenters. The molecular weight excluding hydrogens is 304 g/mol. The molecule has 20 heavy (non-hydrogen) atoms. The lowest BCUT2D eigenvalue weighted by atomic mass is 10.3. The average Bonchev–Trinajstić information content (AvgIpc) is 2.98. The second kappa shape index (κ2) is 6.22. The van der Waals surface area contributed by atoms with Gasteiger partial charge < -0.3 is 19.3 Å². The fraction of sp³-hybridized carbons (Fsp3) is 0.700. The predicted octanol–water partition coefficient (Wildman–Crippen LogP) is -0.129. The van der Waals surface area contributed by atoms with Crippen molar-refractivity contribution in [2.75, 3.05) is 31.4 Å². The molecule has 1 aliphatic rings. The first-order chi connectivity index (χ1) is 9.51. The molecule has 0 radical (unpaired) electrons. The highest BCUT2D eigenvalue weighted by atomic mass is 32.2. The maximum Gasteiger partial charge on any atom is 0.328 e. The molecule has 1 saturated heterocycles. The zero-order chi connectivity index (χ0) is 14.9. The maximum absolute atomic E-state index is 12.1. The van der Waals surface area contributed by atoms with Gasteiger partial charge in [0.25, 0.3) is 0 Å². The molecule has 8 nitrogen and oxygen atoms in total. The Bertz CT molecular complexity index is 486. The van der Waals surface area contributed by atoms with Gasteiger partial charge in [0.2, 0.25) is 5.13 Å². The molecule has 0 aromatic carbocycles. The Hall–Kier alpha value is -0.940.